The van der Waals surface area contributed by atoms with E-state index >= 15 is 0 Å². The second-order valence-corrected chi connectivity index (χ2v) is 7.51. The Morgan fingerprint density at radius 1 is 1.15 bits per heavy atom. The minimum Gasteiger partial charge on any atom is -0.358 e. The fourth-order valence-corrected chi connectivity index (χ4v) is 4.01. The molecule has 0 unspecified atom stereocenters. The Kier molecular flexibility index (Phi) is 4.64. The van der Waals surface area contributed by atoms with Gasteiger partial charge >= 0.3 is 0 Å². The second kappa shape index (κ2) is 7.08. The van der Waals surface area contributed by atoms with Crippen molar-refractivity contribution in [2.75, 3.05) is 13.1 Å². The minimum atomic E-state index is 0.105. The molecule has 3 aromatic rings. The lowest BCUT2D eigenvalue weighted by Crippen LogP contribution is -2.29. The van der Waals surface area contributed by atoms with E-state index in [0.717, 1.165) is 35.7 Å². The third-order valence-corrected chi connectivity index (χ3v) is 5.64. The van der Waals surface area contributed by atoms with Gasteiger partial charge in [-0.2, -0.15) is 0 Å². The number of H-pyrrole nitrogens is 1. The Balaban J connectivity index is 1.56. The normalized spacial score (nSPS) is 17.8. The molecule has 1 aliphatic rings. The number of aromatic amines is 1. The maximum atomic E-state index is 11.6. The minimum absolute atomic E-state index is 0.105. The first kappa shape index (κ1) is 17.0. The number of hydrogen-bond acceptors (Lipinski definition) is 2. The van der Waals surface area contributed by atoms with E-state index < -0.39 is 0 Å². The standard InChI is InChI=1S/C23H26N2O/c1-16-5-4-11-25(16)12-10-22-15-21-14-20(8-9-23(21)24-22)19-7-3-6-18(13-19)17(2)26/h3,6-9,13-16,24H,4-5,10-12H2,1-2H3/t16-/m1/s1. The summed E-state index contributed by atoms with van der Waals surface area (Å²) in [6, 6.07) is 17.4. The molecule has 3 heteroatoms. The number of nitrogens with one attached hydrogen (secondary N) is 1. The van der Waals surface area contributed by atoms with E-state index in [4.69, 9.17) is 0 Å². The summed E-state index contributed by atoms with van der Waals surface area (Å²) in [6.45, 7) is 6.31. The highest BCUT2D eigenvalue weighted by molar-refractivity contribution is 5.95. The van der Waals surface area contributed by atoms with Crippen LogP contribution >= 0.6 is 0 Å². The van der Waals surface area contributed by atoms with Crippen LogP contribution in [0.15, 0.2) is 48.5 Å². The monoisotopic (exact) mass is 346 g/mol. The van der Waals surface area contributed by atoms with Gasteiger partial charge < -0.3 is 9.88 Å². The summed E-state index contributed by atoms with van der Waals surface area (Å²) in [4.78, 5) is 17.8. The Morgan fingerprint density at radius 2 is 2.00 bits per heavy atom. The molecule has 2 heterocycles. The van der Waals surface area contributed by atoms with Crippen molar-refractivity contribution in [2.45, 2.75) is 39.2 Å². The molecule has 1 N–H and O–H groups in total. The van der Waals surface area contributed by atoms with Crippen LogP contribution in [0.5, 0.6) is 0 Å². The molecule has 0 radical (unpaired) electrons. The van der Waals surface area contributed by atoms with Gasteiger partial charge in [0.25, 0.3) is 0 Å². The number of Topliss-reactive ketones (excluding diaryl/α,β-unsaturated/α-hetero) is 1. The van der Waals surface area contributed by atoms with Crippen LogP contribution < -0.4 is 0 Å². The molecule has 3 nitrogen and oxygen atoms in total. The van der Waals surface area contributed by atoms with Crippen molar-refractivity contribution in [1.82, 2.24) is 9.88 Å². The molecule has 1 aromatic heterocycles. The van der Waals surface area contributed by atoms with Crippen molar-refractivity contribution in [3.63, 3.8) is 0 Å². The zero-order chi connectivity index (χ0) is 18.1. The van der Waals surface area contributed by atoms with Crippen molar-refractivity contribution >= 4 is 16.7 Å². The van der Waals surface area contributed by atoms with E-state index in [1.807, 2.05) is 18.2 Å². The highest BCUT2D eigenvalue weighted by atomic mass is 16.1. The third kappa shape index (κ3) is 3.45. The fraction of sp³-hybridized carbons (Fsp3) is 0.348. The molecule has 0 spiro atoms. The molecule has 1 atom stereocenters. The molecular weight excluding hydrogens is 320 g/mol. The van der Waals surface area contributed by atoms with Gasteiger partial charge in [0.15, 0.2) is 5.78 Å². The van der Waals surface area contributed by atoms with Gasteiger partial charge in [-0.15, -0.1) is 0 Å². The van der Waals surface area contributed by atoms with E-state index in [2.05, 4.69) is 47.1 Å². The van der Waals surface area contributed by atoms with Crippen LogP contribution in [0.25, 0.3) is 22.0 Å². The van der Waals surface area contributed by atoms with Crippen LogP contribution in [0.1, 0.15) is 42.7 Å². The molecule has 1 fully saturated rings. The number of fused-ring (bicyclic) bond motifs is 1. The summed E-state index contributed by atoms with van der Waals surface area (Å²) in [5, 5.41) is 1.24. The molecule has 0 saturated carbocycles. The predicted octanol–water partition coefficient (Wildman–Crippen LogP) is 5.06. The predicted molar refractivity (Wildman–Crippen MR) is 108 cm³/mol. The third-order valence-electron chi connectivity index (χ3n) is 5.64. The van der Waals surface area contributed by atoms with Gasteiger partial charge in [0, 0.05) is 41.2 Å². The van der Waals surface area contributed by atoms with Crippen LogP contribution in [-0.2, 0) is 6.42 Å². The molecule has 0 aliphatic carbocycles. The lowest BCUT2D eigenvalue weighted by Gasteiger charge is -2.20. The Labute approximate surface area is 155 Å². The Hall–Kier alpha value is -2.39. The van der Waals surface area contributed by atoms with Gasteiger partial charge in [-0.1, -0.05) is 24.3 Å². The molecular formula is C23H26N2O. The summed E-state index contributed by atoms with van der Waals surface area (Å²) in [5.41, 5.74) is 5.49. The number of likely N-dealkylation sites (tertiary alicyclic amines) is 1. The number of aromatic nitrogens is 1. The Morgan fingerprint density at radius 3 is 2.77 bits per heavy atom. The molecule has 0 amide bonds. The quantitative estimate of drug-likeness (QED) is 0.655. The van der Waals surface area contributed by atoms with Gasteiger partial charge in [-0.25, -0.2) is 0 Å². The van der Waals surface area contributed by atoms with Crippen LogP contribution in [0.3, 0.4) is 0 Å². The van der Waals surface area contributed by atoms with Gasteiger partial charge in [0.2, 0.25) is 0 Å². The van der Waals surface area contributed by atoms with Crippen LogP contribution in [-0.4, -0.2) is 34.8 Å². The molecule has 1 aliphatic heterocycles. The number of ketones is 1. The van der Waals surface area contributed by atoms with Crippen LogP contribution in [0.4, 0.5) is 0 Å². The van der Waals surface area contributed by atoms with Crippen molar-refractivity contribution in [2.24, 2.45) is 0 Å². The number of rotatable bonds is 5. The summed E-state index contributed by atoms with van der Waals surface area (Å²) in [5.74, 6) is 0.105. The summed E-state index contributed by atoms with van der Waals surface area (Å²) in [6.07, 6.45) is 3.72. The van der Waals surface area contributed by atoms with E-state index in [1.165, 1.54) is 36.0 Å². The topological polar surface area (TPSA) is 36.1 Å². The molecule has 0 bridgehead atoms. The smallest absolute Gasteiger partial charge is 0.159 e. The zero-order valence-corrected chi connectivity index (χ0v) is 15.6. The van der Waals surface area contributed by atoms with E-state index in [0.29, 0.717) is 0 Å². The number of carbonyl (C=O) groups excluding carboxylic acids is 1. The fourth-order valence-electron chi connectivity index (χ4n) is 4.01. The summed E-state index contributed by atoms with van der Waals surface area (Å²) >= 11 is 0. The average molecular weight is 346 g/mol. The van der Waals surface area contributed by atoms with E-state index in [1.54, 1.807) is 6.92 Å². The first-order valence-corrected chi connectivity index (χ1v) is 9.57. The van der Waals surface area contributed by atoms with Gasteiger partial charge in [-0.05, 0) is 68.6 Å². The number of benzene rings is 2. The van der Waals surface area contributed by atoms with E-state index in [-0.39, 0.29) is 5.78 Å². The highest BCUT2D eigenvalue weighted by Gasteiger charge is 2.19. The van der Waals surface area contributed by atoms with E-state index in [9.17, 15) is 4.79 Å². The zero-order valence-electron chi connectivity index (χ0n) is 15.6. The second-order valence-electron chi connectivity index (χ2n) is 7.51. The van der Waals surface area contributed by atoms with Crippen molar-refractivity contribution in [3.05, 3.63) is 59.8 Å². The number of carbonyl (C=O) groups is 1. The van der Waals surface area contributed by atoms with Crippen molar-refractivity contribution in [3.8, 4) is 11.1 Å². The first-order valence-electron chi connectivity index (χ1n) is 9.57. The molecule has 2 aromatic carbocycles. The largest absolute Gasteiger partial charge is 0.358 e. The highest BCUT2D eigenvalue weighted by Crippen LogP contribution is 2.26. The van der Waals surface area contributed by atoms with Gasteiger partial charge in [0.1, 0.15) is 0 Å². The summed E-state index contributed by atoms with van der Waals surface area (Å²) < 4.78 is 0. The summed E-state index contributed by atoms with van der Waals surface area (Å²) in [7, 11) is 0. The maximum Gasteiger partial charge on any atom is 0.159 e. The van der Waals surface area contributed by atoms with Gasteiger partial charge in [0.05, 0.1) is 0 Å². The van der Waals surface area contributed by atoms with Crippen molar-refractivity contribution in [1.29, 1.82) is 0 Å². The SMILES string of the molecule is CC(=O)c1cccc(-c2ccc3[nH]c(CCN4CCC[C@H]4C)cc3c2)c1. The van der Waals surface area contributed by atoms with Crippen LogP contribution in [0, 0.1) is 0 Å². The average Bonchev–Trinajstić information content (AvgIpc) is 3.24. The molecule has 134 valence electrons. The number of hydrogen-bond donors (Lipinski definition) is 1. The molecule has 1 saturated heterocycles. The Bertz CT molecular complexity index is 940. The van der Waals surface area contributed by atoms with Crippen molar-refractivity contribution < 1.29 is 4.79 Å². The van der Waals surface area contributed by atoms with Crippen LogP contribution in [0.2, 0.25) is 0 Å². The molecule has 4 rings (SSSR count). The maximum absolute atomic E-state index is 11.6. The first-order chi connectivity index (χ1) is 12.6. The molecule has 26 heavy (non-hydrogen) atoms. The number of nitrogens with zero attached hydrogens (tertiary/aromatic N) is 1. The lowest BCUT2D eigenvalue weighted by molar-refractivity contribution is 0.101. The van der Waals surface area contributed by atoms with Gasteiger partial charge in [-0.3, -0.25) is 4.79 Å². The lowest BCUT2D eigenvalue weighted by atomic mass is 10.0.